The van der Waals surface area contributed by atoms with E-state index in [1.54, 1.807) is 6.07 Å². The molecule has 0 atom stereocenters. The van der Waals surface area contributed by atoms with Crippen LogP contribution in [0.25, 0.3) is 203 Å². The molecule has 490 valence electrons. The van der Waals surface area contributed by atoms with E-state index >= 15 is 0 Å². The van der Waals surface area contributed by atoms with Crippen molar-refractivity contribution >= 4 is 137 Å². The second kappa shape index (κ2) is 22.9. The number of para-hydroxylation sites is 10. The van der Waals surface area contributed by atoms with Crippen molar-refractivity contribution in [3.05, 3.63) is 369 Å². The summed E-state index contributed by atoms with van der Waals surface area (Å²) in [7, 11) is 0. The summed E-state index contributed by atoms with van der Waals surface area (Å²) in [4.78, 5) is 4.19. The first-order valence-corrected chi connectivity index (χ1v) is 35.9. The summed E-state index contributed by atoms with van der Waals surface area (Å²) in [5.74, 6) is 0. The molecule has 0 aliphatic heterocycles. The second-order valence-electron chi connectivity index (χ2n) is 27.7. The minimum atomic E-state index is 0.363. The summed E-state index contributed by atoms with van der Waals surface area (Å²) in [5.41, 5.74) is 25.2. The van der Waals surface area contributed by atoms with Crippen LogP contribution in [-0.2, 0) is 0 Å². The number of fused-ring (bicyclic) bond motifs is 18. The van der Waals surface area contributed by atoms with Gasteiger partial charge in [0.1, 0.15) is 0 Å². The maximum absolute atomic E-state index is 11.3. The van der Waals surface area contributed by atoms with Gasteiger partial charge in [0.05, 0.1) is 102 Å². The van der Waals surface area contributed by atoms with Crippen LogP contribution in [-0.4, -0.2) is 27.4 Å². The Balaban J connectivity index is 0.890. The van der Waals surface area contributed by atoms with Crippen LogP contribution in [0.2, 0.25) is 0 Å². The average Bonchev–Trinajstić information content (AvgIpc) is 1.48. The van der Waals surface area contributed by atoms with E-state index in [1.165, 1.54) is 21.5 Å². The van der Waals surface area contributed by atoms with Crippen molar-refractivity contribution in [2.75, 3.05) is 0 Å². The Morgan fingerprint density at radius 2 is 0.491 bits per heavy atom. The molecule has 106 heavy (non-hydrogen) atoms. The van der Waals surface area contributed by atoms with Gasteiger partial charge in [0.15, 0.2) is 5.69 Å². The number of nitrogens with zero attached hydrogens (tertiary/aromatic N) is 8. The fourth-order valence-corrected chi connectivity index (χ4v) is 17.8. The lowest BCUT2D eigenvalue weighted by Crippen LogP contribution is -2.13. The predicted octanol–water partition coefficient (Wildman–Crippen LogP) is 25.7. The summed E-state index contributed by atoms with van der Waals surface area (Å²) in [6.45, 7) is 8.84. The minimum Gasteiger partial charge on any atom is -0.309 e. The molecule has 0 bridgehead atoms. The molecule has 6 aromatic heterocycles. The first-order valence-electron chi connectivity index (χ1n) is 35.9. The lowest BCUT2D eigenvalue weighted by atomic mass is 9.95. The van der Waals surface area contributed by atoms with Crippen LogP contribution in [0, 0.1) is 17.9 Å². The fraction of sp³-hybridized carbons (Fsp3) is 0. The number of nitriles is 1. The number of hydrogen-bond acceptors (Lipinski definition) is 1. The Morgan fingerprint density at radius 3 is 0.802 bits per heavy atom. The van der Waals surface area contributed by atoms with Crippen LogP contribution < -0.4 is 0 Å². The second-order valence-corrected chi connectivity index (χ2v) is 27.7. The van der Waals surface area contributed by atoms with Gasteiger partial charge in [-0.15, -0.1) is 0 Å². The van der Waals surface area contributed by atoms with Crippen LogP contribution in [0.3, 0.4) is 0 Å². The van der Waals surface area contributed by atoms with Crippen molar-refractivity contribution in [3.8, 4) is 73.6 Å². The Morgan fingerprint density at radius 1 is 0.226 bits per heavy atom. The maximum Gasteiger partial charge on any atom is 0.189 e. The summed E-state index contributed by atoms with van der Waals surface area (Å²) >= 11 is 0. The lowest BCUT2D eigenvalue weighted by Gasteiger charge is -2.28. The van der Waals surface area contributed by atoms with E-state index < -0.39 is 0 Å². The van der Waals surface area contributed by atoms with Gasteiger partial charge in [-0.25, -0.2) is 4.85 Å². The van der Waals surface area contributed by atoms with E-state index in [1.807, 2.05) is 12.1 Å². The molecule has 0 saturated carbocycles. The molecule has 16 aromatic carbocycles. The molecule has 22 rings (SSSR count). The van der Waals surface area contributed by atoms with E-state index in [9.17, 15) is 5.26 Å². The van der Waals surface area contributed by atoms with Gasteiger partial charge in [-0.2, -0.15) is 5.26 Å². The number of aromatic nitrogens is 6. The molecular formula is C98H58N8. The topological polar surface area (TPSA) is 57.7 Å². The highest BCUT2D eigenvalue weighted by atomic mass is 15.1. The monoisotopic (exact) mass is 1350 g/mol. The fourth-order valence-electron chi connectivity index (χ4n) is 17.8. The summed E-state index contributed by atoms with van der Waals surface area (Å²) in [6, 6.07) is 130. The van der Waals surface area contributed by atoms with Crippen molar-refractivity contribution in [1.29, 1.82) is 5.26 Å². The Kier molecular flexibility index (Phi) is 12.8. The van der Waals surface area contributed by atoms with E-state index in [2.05, 4.69) is 372 Å². The first-order chi connectivity index (χ1) is 52.5. The first kappa shape index (κ1) is 59.0. The highest BCUT2D eigenvalue weighted by molar-refractivity contribution is 6.19. The zero-order valence-electron chi connectivity index (χ0n) is 57.1. The molecule has 0 aliphatic carbocycles. The zero-order chi connectivity index (χ0) is 69.8. The summed E-state index contributed by atoms with van der Waals surface area (Å²) in [5, 5.41) is 24.9. The quantitative estimate of drug-likeness (QED) is 0.133. The van der Waals surface area contributed by atoms with Crippen LogP contribution in [0.4, 0.5) is 5.69 Å². The standard InChI is InChI=1S/C98H58N8/c1-100-67-53-61(60-99)52-66(54-67)96-97(105-86-40-20-8-28-70(86)71-29-9-21-41-87(71)105)94(103-84-38-18-14-34-76(84)80-57-64(46-50-92(80)103)62-44-48-90-78(55-62)74-32-12-16-36-82(74)101(90)68-24-4-2-5-25-68)59-95(98(96)106-88-42-22-10-30-72(88)73-31-11-23-43-89(73)106)104-85-39-19-15-35-77(85)81-58-65(47-51-93(81)104)63-45-49-91-79(56-63)75-33-13-17-37-83(75)102(91)69-26-6-3-7-27-69/h2-59H. The minimum absolute atomic E-state index is 0.363. The molecule has 8 nitrogen and oxygen atoms in total. The predicted molar refractivity (Wildman–Crippen MR) is 440 cm³/mol. The van der Waals surface area contributed by atoms with Gasteiger partial charge in [0, 0.05) is 87.1 Å². The van der Waals surface area contributed by atoms with Crippen molar-refractivity contribution in [1.82, 2.24) is 27.4 Å². The zero-order valence-corrected chi connectivity index (χ0v) is 57.1. The van der Waals surface area contributed by atoms with Crippen LogP contribution in [0.15, 0.2) is 352 Å². The van der Waals surface area contributed by atoms with E-state index in [-0.39, 0.29) is 0 Å². The van der Waals surface area contributed by atoms with Crippen LogP contribution in [0.5, 0.6) is 0 Å². The molecule has 0 amide bonds. The third-order valence-corrected chi connectivity index (χ3v) is 22.2. The van der Waals surface area contributed by atoms with Crippen LogP contribution >= 0.6 is 0 Å². The van der Waals surface area contributed by atoms with Crippen LogP contribution in [0.1, 0.15) is 5.56 Å². The Hall–Kier alpha value is -14.7. The molecule has 22 aromatic rings. The average molecular weight is 1350 g/mol. The summed E-state index contributed by atoms with van der Waals surface area (Å²) < 4.78 is 14.7. The van der Waals surface area contributed by atoms with Crippen molar-refractivity contribution in [2.24, 2.45) is 0 Å². The third kappa shape index (κ3) is 8.55. The molecule has 0 fully saturated rings. The van der Waals surface area contributed by atoms with E-state index in [0.717, 1.165) is 177 Å². The molecular weight excluding hydrogens is 1290 g/mol. The normalized spacial score (nSPS) is 11.9. The molecule has 0 saturated heterocycles. The van der Waals surface area contributed by atoms with Gasteiger partial charge in [0.25, 0.3) is 0 Å². The molecule has 0 N–H and O–H groups in total. The molecule has 8 heteroatoms. The van der Waals surface area contributed by atoms with Gasteiger partial charge in [-0.1, -0.05) is 206 Å². The Bertz CT molecular complexity index is 7050. The lowest BCUT2D eigenvalue weighted by molar-refractivity contribution is 1.05. The highest BCUT2D eigenvalue weighted by Gasteiger charge is 2.32. The van der Waals surface area contributed by atoms with Crippen molar-refractivity contribution < 1.29 is 0 Å². The smallest absolute Gasteiger partial charge is 0.189 e. The number of hydrogen-bond donors (Lipinski definition) is 0. The SMILES string of the molecule is [C-]#[N+]c1cc(C#N)cc(-c2c(-n3c4ccccc4c4ccccc43)c(-n3c4ccccc4c4cc(-c5ccc6c(c5)c5ccccc5n6-c5ccccc5)ccc43)cc(-n3c4ccccc4c4cc(-c5ccc6c(c5)c5ccccc5n6-c5ccccc5)ccc43)c2-n2c3ccccc3c3ccccc32)c1. The van der Waals surface area contributed by atoms with Crippen molar-refractivity contribution in [3.63, 3.8) is 0 Å². The van der Waals surface area contributed by atoms with Gasteiger partial charge in [-0.3, -0.25) is 0 Å². The van der Waals surface area contributed by atoms with Gasteiger partial charge < -0.3 is 27.4 Å². The van der Waals surface area contributed by atoms with Gasteiger partial charge in [-0.05, 0) is 173 Å². The number of rotatable bonds is 9. The molecule has 6 heterocycles. The van der Waals surface area contributed by atoms with Gasteiger partial charge in [0.2, 0.25) is 0 Å². The van der Waals surface area contributed by atoms with E-state index in [4.69, 9.17) is 6.57 Å². The van der Waals surface area contributed by atoms with E-state index in [0.29, 0.717) is 11.3 Å². The third-order valence-electron chi connectivity index (χ3n) is 22.2. The van der Waals surface area contributed by atoms with Gasteiger partial charge >= 0.3 is 0 Å². The molecule has 0 unspecified atom stereocenters. The Labute approximate surface area is 607 Å². The molecule has 0 radical (unpaired) electrons. The molecule has 0 aliphatic rings. The summed E-state index contributed by atoms with van der Waals surface area (Å²) in [6.07, 6.45) is 0. The largest absolute Gasteiger partial charge is 0.309 e. The molecule has 0 spiro atoms. The highest BCUT2D eigenvalue weighted by Crippen LogP contribution is 2.52. The maximum atomic E-state index is 11.3. The number of benzene rings is 16. The van der Waals surface area contributed by atoms with Crippen molar-refractivity contribution in [2.45, 2.75) is 0 Å².